The van der Waals surface area contributed by atoms with Gasteiger partial charge in [0.05, 0.1) is 23.7 Å². The number of aryl methyl sites for hydroxylation is 1. The number of rotatable bonds is 5. The maximum absolute atomic E-state index is 11.4. The Morgan fingerprint density at radius 1 is 1.32 bits per heavy atom. The second-order valence-electron chi connectivity index (χ2n) is 4.38. The molecule has 1 aromatic carbocycles. The molecule has 4 heteroatoms. The third kappa shape index (κ3) is 4.17. The van der Waals surface area contributed by atoms with E-state index >= 15 is 0 Å². The van der Waals surface area contributed by atoms with Crippen molar-refractivity contribution < 1.29 is 9.53 Å². The van der Waals surface area contributed by atoms with Gasteiger partial charge in [0.25, 0.3) is 0 Å². The number of hydrogen-bond acceptors (Lipinski definition) is 4. The molecule has 0 spiro atoms. The molecule has 1 heterocycles. The number of aromatic nitrogens is 1. The van der Waals surface area contributed by atoms with Crippen LogP contribution in [0, 0.1) is 6.92 Å². The van der Waals surface area contributed by atoms with E-state index in [1.165, 1.54) is 11.1 Å². The topological polar surface area (TPSA) is 39.2 Å². The standard InChI is InChI=1S/C15H17NO2S/c1-3-18-15(17)9-13-10-19-14(16-13)8-12-6-4-11(2)5-7-12/h4-7,10H,3,8-9H2,1-2H3. The van der Waals surface area contributed by atoms with E-state index < -0.39 is 0 Å². The van der Waals surface area contributed by atoms with Crippen LogP contribution in [0.1, 0.15) is 28.8 Å². The van der Waals surface area contributed by atoms with Gasteiger partial charge in [-0.2, -0.15) is 0 Å². The summed E-state index contributed by atoms with van der Waals surface area (Å²) in [6.07, 6.45) is 1.08. The Morgan fingerprint density at radius 2 is 2.05 bits per heavy atom. The summed E-state index contributed by atoms with van der Waals surface area (Å²) in [7, 11) is 0. The Bertz CT molecular complexity index is 546. The van der Waals surface area contributed by atoms with Gasteiger partial charge in [0, 0.05) is 11.8 Å². The van der Waals surface area contributed by atoms with Gasteiger partial charge in [0.2, 0.25) is 0 Å². The van der Waals surface area contributed by atoms with E-state index in [1.54, 1.807) is 11.3 Å². The number of nitrogens with zero attached hydrogens (tertiary/aromatic N) is 1. The van der Waals surface area contributed by atoms with Crippen molar-refractivity contribution in [1.82, 2.24) is 4.98 Å². The van der Waals surface area contributed by atoms with Gasteiger partial charge in [-0.3, -0.25) is 4.79 Å². The lowest BCUT2D eigenvalue weighted by atomic mass is 10.1. The predicted molar refractivity (Wildman–Crippen MR) is 76.4 cm³/mol. The molecule has 3 nitrogen and oxygen atoms in total. The molecule has 0 aliphatic heterocycles. The minimum absolute atomic E-state index is 0.213. The fraction of sp³-hybridized carbons (Fsp3) is 0.333. The van der Waals surface area contributed by atoms with Gasteiger partial charge in [0.15, 0.2) is 0 Å². The molecule has 0 N–H and O–H groups in total. The number of benzene rings is 1. The van der Waals surface area contributed by atoms with Crippen LogP contribution in [0.5, 0.6) is 0 Å². The zero-order valence-corrected chi connectivity index (χ0v) is 12.0. The SMILES string of the molecule is CCOC(=O)Cc1csc(Cc2ccc(C)cc2)n1. The van der Waals surface area contributed by atoms with Crippen molar-refractivity contribution in [2.75, 3.05) is 6.61 Å². The Hall–Kier alpha value is -1.68. The average Bonchev–Trinajstić information content (AvgIpc) is 2.80. The molecule has 0 atom stereocenters. The van der Waals surface area contributed by atoms with Gasteiger partial charge < -0.3 is 4.74 Å². The predicted octanol–water partition coefficient (Wildman–Crippen LogP) is 3.15. The molecule has 0 amide bonds. The minimum atomic E-state index is -0.213. The van der Waals surface area contributed by atoms with E-state index in [4.69, 9.17) is 4.74 Å². The number of carbonyl (C=O) groups is 1. The number of ether oxygens (including phenoxy) is 1. The van der Waals surface area contributed by atoms with E-state index in [0.29, 0.717) is 6.61 Å². The highest BCUT2D eigenvalue weighted by Crippen LogP contribution is 2.16. The molecule has 2 aromatic rings. The van der Waals surface area contributed by atoms with Gasteiger partial charge in [-0.1, -0.05) is 29.8 Å². The Balaban J connectivity index is 1.97. The number of hydrogen-bond donors (Lipinski definition) is 0. The van der Waals surface area contributed by atoms with E-state index in [2.05, 4.69) is 36.2 Å². The van der Waals surface area contributed by atoms with Crippen LogP contribution in [-0.4, -0.2) is 17.6 Å². The molecule has 19 heavy (non-hydrogen) atoms. The summed E-state index contributed by atoms with van der Waals surface area (Å²) in [6, 6.07) is 8.43. The van der Waals surface area contributed by atoms with Crippen LogP contribution in [0.25, 0.3) is 0 Å². The molecule has 0 radical (unpaired) electrons. The van der Waals surface area contributed by atoms with Gasteiger partial charge in [-0.05, 0) is 19.4 Å². The molecule has 0 fully saturated rings. The van der Waals surface area contributed by atoms with Crippen molar-refractivity contribution in [3.63, 3.8) is 0 Å². The lowest BCUT2D eigenvalue weighted by Crippen LogP contribution is -2.07. The van der Waals surface area contributed by atoms with Crippen LogP contribution in [0.2, 0.25) is 0 Å². The van der Waals surface area contributed by atoms with Gasteiger partial charge in [0.1, 0.15) is 0 Å². The lowest BCUT2D eigenvalue weighted by Gasteiger charge is -1.99. The Kier molecular flexibility index (Phi) is 4.68. The van der Waals surface area contributed by atoms with Gasteiger partial charge in [-0.25, -0.2) is 4.98 Å². The molecule has 0 aliphatic rings. The second kappa shape index (κ2) is 6.48. The quantitative estimate of drug-likeness (QED) is 0.787. The first-order valence-corrected chi connectivity index (χ1v) is 7.19. The van der Waals surface area contributed by atoms with E-state index in [1.807, 2.05) is 12.3 Å². The summed E-state index contributed by atoms with van der Waals surface area (Å²) < 4.78 is 4.91. The fourth-order valence-corrected chi connectivity index (χ4v) is 2.58. The number of carbonyl (C=O) groups excluding carboxylic acids is 1. The summed E-state index contributed by atoms with van der Waals surface area (Å²) in [5.74, 6) is -0.213. The molecule has 0 saturated heterocycles. The van der Waals surface area contributed by atoms with Crippen LogP contribution in [0.3, 0.4) is 0 Å². The Labute approximate surface area is 117 Å². The number of esters is 1. The van der Waals surface area contributed by atoms with E-state index in [9.17, 15) is 4.79 Å². The third-order valence-corrected chi connectivity index (χ3v) is 3.60. The number of thiazole rings is 1. The van der Waals surface area contributed by atoms with Crippen molar-refractivity contribution in [2.45, 2.75) is 26.7 Å². The zero-order valence-electron chi connectivity index (χ0n) is 11.2. The first-order chi connectivity index (χ1) is 9.17. The van der Waals surface area contributed by atoms with Crippen LogP contribution >= 0.6 is 11.3 Å². The summed E-state index contributed by atoms with van der Waals surface area (Å²) in [5.41, 5.74) is 3.29. The molecule has 1 aromatic heterocycles. The smallest absolute Gasteiger partial charge is 0.311 e. The molecular formula is C15H17NO2S. The monoisotopic (exact) mass is 275 g/mol. The van der Waals surface area contributed by atoms with Gasteiger partial charge >= 0.3 is 5.97 Å². The molecular weight excluding hydrogens is 258 g/mol. The summed E-state index contributed by atoms with van der Waals surface area (Å²) in [5, 5.41) is 2.96. The van der Waals surface area contributed by atoms with Crippen LogP contribution in [-0.2, 0) is 22.4 Å². The highest BCUT2D eigenvalue weighted by Gasteiger charge is 2.08. The zero-order chi connectivity index (χ0) is 13.7. The molecule has 100 valence electrons. The van der Waals surface area contributed by atoms with E-state index in [-0.39, 0.29) is 12.4 Å². The van der Waals surface area contributed by atoms with Crippen LogP contribution in [0.4, 0.5) is 0 Å². The second-order valence-corrected chi connectivity index (χ2v) is 5.32. The third-order valence-electron chi connectivity index (χ3n) is 2.71. The van der Waals surface area contributed by atoms with Crippen molar-refractivity contribution in [3.8, 4) is 0 Å². The van der Waals surface area contributed by atoms with Gasteiger partial charge in [-0.15, -0.1) is 11.3 Å². The van der Waals surface area contributed by atoms with Crippen molar-refractivity contribution in [3.05, 3.63) is 51.5 Å². The van der Waals surface area contributed by atoms with Crippen molar-refractivity contribution >= 4 is 17.3 Å². The summed E-state index contributed by atoms with van der Waals surface area (Å²) in [4.78, 5) is 15.8. The van der Waals surface area contributed by atoms with E-state index in [0.717, 1.165) is 17.1 Å². The first-order valence-electron chi connectivity index (χ1n) is 6.32. The summed E-state index contributed by atoms with van der Waals surface area (Å²) in [6.45, 7) is 4.30. The van der Waals surface area contributed by atoms with Crippen LogP contribution < -0.4 is 0 Å². The molecule has 2 rings (SSSR count). The fourth-order valence-electron chi connectivity index (χ4n) is 1.75. The van der Waals surface area contributed by atoms with Crippen molar-refractivity contribution in [1.29, 1.82) is 0 Å². The average molecular weight is 275 g/mol. The molecule has 0 bridgehead atoms. The highest BCUT2D eigenvalue weighted by molar-refractivity contribution is 7.09. The van der Waals surface area contributed by atoms with Crippen LogP contribution in [0.15, 0.2) is 29.6 Å². The maximum atomic E-state index is 11.4. The Morgan fingerprint density at radius 3 is 2.74 bits per heavy atom. The normalized spacial score (nSPS) is 10.4. The van der Waals surface area contributed by atoms with Crippen molar-refractivity contribution in [2.24, 2.45) is 0 Å². The highest BCUT2D eigenvalue weighted by atomic mass is 32.1. The summed E-state index contributed by atoms with van der Waals surface area (Å²) >= 11 is 1.59. The molecule has 0 saturated carbocycles. The minimum Gasteiger partial charge on any atom is -0.466 e. The lowest BCUT2D eigenvalue weighted by molar-refractivity contribution is -0.142. The first kappa shape index (κ1) is 13.7. The molecule has 0 aliphatic carbocycles. The maximum Gasteiger partial charge on any atom is 0.311 e. The largest absolute Gasteiger partial charge is 0.466 e. The molecule has 0 unspecified atom stereocenters.